The van der Waals surface area contributed by atoms with Crippen molar-refractivity contribution in [3.63, 3.8) is 0 Å². The lowest BCUT2D eigenvalue weighted by molar-refractivity contribution is -0.143. The first-order chi connectivity index (χ1) is 23.0. The van der Waals surface area contributed by atoms with Crippen molar-refractivity contribution in [2.24, 2.45) is 28.1 Å². The summed E-state index contributed by atoms with van der Waals surface area (Å²) in [5, 5.41) is 19.8. The van der Waals surface area contributed by atoms with Crippen molar-refractivity contribution in [3.8, 4) is 0 Å². The van der Waals surface area contributed by atoms with Crippen LogP contribution in [-0.4, -0.2) is 75.4 Å². The van der Waals surface area contributed by atoms with E-state index in [-0.39, 0.29) is 31.1 Å². The number of carbonyl (C=O) groups excluding carboxylic acids is 3. The van der Waals surface area contributed by atoms with E-state index in [0.717, 1.165) is 32.9 Å². The molecule has 0 fully saturated rings. The van der Waals surface area contributed by atoms with Crippen molar-refractivity contribution in [2.75, 3.05) is 6.54 Å². The number of aliphatic imine (C=N–C) groups is 1. The van der Waals surface area contributed by atoms with Crippen LogP contribution < -0.4 is 33.2 Å². The summed E-state index contributed by atoms with van der Waals surface area (Å²) in [6.07, 6.45) is 4.91. The molecule has 256 valence electrons. The molecule has 4 aromatic rings. The van der Waals surface area contributed by atoms with Crippen molar-refractivity contribution >= 4 is 51.5 Å². The van der Waals surface area contributed by atoms with Gasteiger partial charge in [0, 0.05) is 53.6 Å². The third kappa shape index (κ3) is 9.12. The molecule has 4 rings (SSSR count). The number of aliphatic carboxylic acids is 1. The van der Waals surface area contributed by atoms with Crippen LogP contribution in [0.1, 0.15) is 44.2 Å². The quantitative estimate of drug-likeness (QED) is 0.0454. The standard InChI is InChI=1S/C34H45N9O5/c1-3-19(2)29(33(47)48)43-32(46)28(16-21-18-40-26-13-7-5-10-23(21)26)42-31(45)27(15-20-17-39-25-12-6-4-9-22(20)25)41-30(44)24(35)11-8-14-38-34(36)37/h4-7,9-10,12-13,17-19,24,27-29,39-40H,3,8,11,14-16,35H2,1-2H3,(H,41,44)(H,42,45)(H,43,46)(H,47,48)(H4,36,37,38). The summed E-state index contributed by atoms with van der Waals surface area (Å²) in [6, 6.07) is 10.7. The zero-order valence-electron chi connectivity index (χ0n) is 27.2. The lowest BCUT2D eigenvalue weighted by atomic mass is 9.97. The zero-order valence-corrected chi connectivity index (χ0v) is 27.2. The number of carboxylic acids is 1. The number of aromatic amines is 2. The number of guanidine groups is 1. The van der Waals surface area contributed by atoms with Gasteiger partial charge in [-0.25, -0.2) is 4.79 Å². The Kier molecular flexibility index (Phi) is 12.2. The van der Waals surface area contributed by atoms with Gasteiger partial charge in [0.05, 0.1) is 6.04 Å². The lowest BCUT2D eigenvalue weighted by Crippen LogP contribution is -2.58. The van der Waals surface area contributed by atoms with Crippen molar-refractivity contribution < 1.29 is 24.3 Å². The molecule has 0 saturated carbocycles. The van der Waals surface area contributed by atoms with Gasteiger partial charge in [-0.2, -0.15) is 0 Å². The van der Waals surface area contributed by atoms with Gasteiger partial charge in [0.2, 0.25) is 17.7 Å². The molecule has 14 heteroatoms. The van der Waals surface area contributed by atoms with Crippen LogP contribution in [0.25, 0.3) is 21.8 Å². The number of carbonyl (C=O) groups is 4. The highest BCUT2D eigenvalue weighted by Gasteiger charge is 2.33. The number of nitrogens with two attached hydrogens (primary N) is 3. The van der Waals surface area contributed by atoms with Crippen LogP contribution in [0.15, 0.2) is 65.9 Å². The molecule has 14 nitrogen and oxygen atoms in total. The lowest BCUT2D eigenvalue weighted by Gasteiger charge is -2.26. The average Bonchev–Trinajstić information content (AvgIpc) is 3.68. The predicted octanol–water partition coefficient (Wildman–Crippen LogP) is 1.40. The minimum Gasteiger partial charge on any atom is -0.480 e. The second-order valence-corrected chi connectivity index (χ2v) is 12.0. The van der Waals surface area contributed by atoms with Crippen molar-refractivity contribution in [1.82, 2.24) is 25.9 Å². The van der Waals surface area contributed by atoms with Crippen LogP contribution in [0.5, 0.6) is 0 Å². The molecule has 2 heterocycles. The molecule has 2 aromatic heterocycles. The number of para-hydroxylation sites is 2. The minimum absolute atomic E-state index is 0.0615. The number of nitrogens with zero attached hydrogens (tertiary/aromatic N) is 1. The monoisotopic (exact) mass is 659 g/mol. The number of carboxylic acid groups (broad SMARTS) is 1. The van der Waals surface area contributed by atoms with Crippen LogP contribution in [0.2, 0.25) is 0 Å². The maximum Gasteiger partial charge on any atom is 0.326 e. The average molecular weight is 660 g/mol. The van der Waals surface area contributed by atoms with Crippen molar-refractivity contribution in [3.05, 3.63) is 72.1 Å². The first kappa shape index (κ1) is 35.5. The molecule has 2 aromatic carbocycles. The van der Waals surface area contributed by atoms with E-state index in [1.807, 2.05) is 55.5 Å². The van der Waals surface area contributed by atoms with E-state index < -0.39 is 47.9 Å². The second-order valence-electron chi connectivity index (χ2n) is 12.0. The number of hydrogen-bond acceptors (Lipinski definition) is 6. The topological polar surface area (TPSA) is 247 Å². The van der Waals surface area contributed by atoms with Gasteiger partial charge in [0.15, 0.2) is 5.96 Å². The van der Waals surface area contributed by atoms with Gasteiger partial charge < -0.3 is 48.2 Å². The van der Waals surface area contributed by atoms with E-state index >= 15 is 0 Å². The largest absolute Gasteiger partial charge is 0.480 e. The summed E-state index contributed by atoms with van der Waals surface area (Å²) in [7, 11) is 0. The van der Waals surface area contributed by atoms with Crippen LogP contribution in [-0.2, 0) is 32.0 Å². The van der Waals surface area contributed by atoms with Gasteiger partial charge in [0.1, 0.15) is 18.1 Å². The van der Waals surface area contributed by atoms with Gasteiger partial charge in [-0.05, 0) is 42.0 Å². The normalized spacial score (nSPS) is 14.4. The minimum atomic E-state index is -1.17. The maximum atomic E-state index is 14.1. The molecule has 0 aliphatic rings. The Hall–Kier alpha value is -5.37. The number of fused-ring (bicyclic) bond motifs is 2. The highest BCUT2D eigenvalue weighted by molar-refractivity contribution is 5.95. The Balaban J connectivity index is 1.62. The predicted molar refractivity (Wildman–Crippen MR) is 185 cm³/mol. The summed E-state index contributed by atoms with van der Waals surface area (Å²) < 4.78 is 0. The van der Waals surface area contributed by atoms with Crippen molar-refractivity contribution in [2.45, 2.75) is 70.1 Å². The van der Waals surface area contributed by atoms with Gasteiger partial charge >= 0.3 is 5.97 Å². The SMILES string of the molecule is CCC(C)C(NC(=O)C(Cc1c[nH]c2ccccc12)NC(=O)C(Cc1c[nH]c2ccccc12)NC(=O)C(N)CCCN=C(N)N)C(=O)O. The van der Waals surface area contributed by atoms with Crippen LogP contribution in [0.4, 0.5) is 0 Å². The number of hydrogen-bond donors (Lipinski definition) is 9. The Bertz CT molecular complexity index is 1760. The number of nitrogens with one attached hydrogen (secondary N) is 5. The summed E-state index contributed by atoms with van der Waals surface area (Å²) in [6.45, 7) is 3.86. The van der Waals surface area contributed by atoms with Gasteiger partial charge in [-0.3, -0.25) is 19.4 Å². The van der Waals surface area contributed by atoms with E-state index in [1.54, 1.807) is 19.3 Å². The van der Waals surface area contributed by atoms with Gasteiger partial charge in [0.25, 0.3) is 0 Å². The Morgan fingerprint density at radius 1 is 0.812 bits per heavy atom. The fraction of sp³-hybridized carbons (Fsp3) is 0.382. The van der Waals surface area contributed by atoms with E-state index in [1.165, 1.54) is 0 Å². The molecule has 0 radical (unpaired) electrons. The molecule has 3 amide bonds. The third-order valence-corrected chi connectivity index (χ3v) is 8.55. The molecular formula is C34H45N9O5. The van der Waals surface area contributed by atoms with Crippen LogP contribution >= 0.6 is 0 Å². The molecule has 5 unspecified atom stereocenters. The molecular weight excluding hydrogens is 614 g/mol. The smallest absolute Gasteiger partial charge is 0.326 e. The van der Waals surface area contributed by atoms with Gasteiger partial charge in [-0.15, -0.1) is 0 Å². The number of benzene rings is 2. The highest BCUT2D eigenvalue weighted by Crippen LogP contribution is 2.21. The Labute approximate surface area is 278 Å². The number of rotatable bonds is 17. The zero-order chi connectivity index (χ0) is 34.8. The van der Waals surface area contributed by atoms with Crippen molar-refractivity contribution in [1.29, 1.82) is 0 Å². The number of aromatic nitrogens is 2. The molecule has 12 N–H and O–H groups in total. The molecule has 0 bridgehead atoms. The number of H-pyrrole nitrogens is 2. The first-order valence-corrected chi connectivity index (χ1v) is 16.0. The van der Waals surface area contributed by atoms with Gasteiger partial charge in [-0.1, -0.05) is 56.7 Å². The van der Waals surface area contributed by atoms with E-state index in [2.05, 4.69) is 30.9 Å². The fourth-order valence-corrected chi connectivity index (χ4v) is 5.60. The molecule has 5 atom stereocenters. The van der Waals surface area contributed by atoms with E-state index in [0.29, 0.717) is 19.4 Å². The van der Waals surface area contributed by atoms with Crippen LogP contribution in [0.3, 0.4) is 0 Å². The maximum absolute atomic E-state index is 14.1. The van der Waals surface area contributed by atoms with Crippen LogP contribution in [0, 0.1) is 5.92 Å². The Morgan fingerprint density at radius 2 is 1.31 bits per heavy atom. The summed E-state index contributed by atoms with van der Waals surface area (Å²) >= 11 is 0. The number of amides is 3. The fourth-order valence-electron chi connectivity index (χ4n) is 5.60. The molecule has 0 aliphatic heterocycles. The summed E-state index contributed by atoms with van der Waals surface area (Å²) in [5.41, 5.74) is 20.2. The van der Waals surface area contributed by atoms with E-state index in [9.17, 15) is 24.3 Å². The summed E-state index contributed by atoms with van der Waals surface area (Å²) in [5.74, 6) is -3.44. The first-order valence-electron chi connectivity index (χ1n) is 16.0. The highest BCUT2D eigenvalue weighted by atomic mass is 16.4. The molecule has 0 saturated heterocycles. The molecule has 48 heavy (non-hydrogen) atoms. The third-order valence-electron chi connectivity index (χ3n) is 8.55. The molecule has 0 spiro atoms. The Morgan fingerprint density at radius 3 is 1.81 bits per heavy atom. The second kappa shape index (κ2) is 16.5. The summed E-state index contributed by atoms with van der Waals surface area (Å²) in [4.78, 5) is 63.5. The molecule has 0 aliphatic carbocycles. The van der Waals surface area contributed by atoms with E-state index in [4.69, 9.17) is 17.2 Å².